The highest BCUT2D eigenvalue weighted by Crippen LogP contribution is 2.36. The Morgan fingerprint density at radius 3 is 2.90 bits per heavy atom. The number of anilines is 2. The van der Waals surface area contributed by atoms with Gasteiger partial charge < -0.3 is 10.6 Å². The first-order valence-corrected chi connectivity index (χ1v) is 11.0. The predicted molar refractivity (Wildman–Crippen MR) is 117 cm³/mol. The molecule has 1 aromatic heterocycles. The standard InChI is InChI=1S/C20H27Cl2N7/c1-2-29(9-8-12-4-3-5-15(21)17(12)22)20-26-18(25-19(23)27-20)13-6-7-14-11-24-28-16(14)10-13/h3-5,13-14,16,24,28H,2,6-11H2,1H3,(H2,23,25,26,27). The second kappa shape index (κ2) is 9.00. The summed E-state index contributed by atoms with van der Waals surface area (Å²) in [6.07, 6.45) is 4.01. The summed E-state index contributed by atoms with van der Waals surface area (Å²) in [5.41, 5.74) is 13.7. The minimum atomic E-state index is 0.281. The topological polar surface area (TPSA) is 92.0 Å². The number of halogens is 2. The van der Waals surface area contributed by atoms with Crippen LogP contribution in [0.25, 0.3) is 0 Å². The smallest absolute Gasteiger partial charge is 0.230 e. The van der Waals surface area contributed by atoms with Gasteiger partial charge in [-0.05, 0) is 50.2 Å². The monoisotopic (exact) mass is 435 g/mol. The number of rotatable bonds is 6. The van der Waals surface area contributed by atoms with Crippen LogP contribution in [0.15, 0.2) is 18.2 Å². The molecular formula is C20H27Cl2N7. The van der Waals surface area contributed by atoms with Gasteiger partial charge in [0.15, 0.2) is 0 Å². The fraction of sp³-hybridized carbons (Fsp3) is 0.550. The number of likely N-dealkylation sites (N-methyl/N-ethyl adjacent to an activating group) is 1. The first-order chi connectivity index (χ1) is 14.0. The van der Waals surface area contributed by atoms with Crippen LogP contribution in [-0.2, 0) is 6.42 Å². The maximum Gasteiger partial charge on any atom is 0.230 e. The second-order valence-electron chi connectivity index (χ2n) is 7.80. The molecular weight excluding hydrogens is 409 g/mol. The van der Waals surface area contributed by atoms with E-state index in [1.807, 2.05) is 12.1 Å². The zero-order valence-corrected chi connectivity index (χ0v) is 18.0. The van der Waals surface area contributed by atoms with Crippen molar-refractivity contribution in [1.82, 2.24) is 25.8 Å². The van der Waals surface area contributed by atoms with Crippen LogP contribution in [0.2, 0.25) is 10.0 Å². The van der Waals surface area contributed by atoms with Crippen LogP contribution in [0.5, 0.6) is 0 Å². The molecule has 0 radical (unpaired) electrons. The minimum Gasteiger partial charge on any atom is -0.368 e. The van der Waals surface area contributed by atoms with E-state index in [9.17, 15) is 0 Å². The van der Waals surface area contributed by atoms with Crippen molar-refractivity contribution in [3.63, 3.8) is 0 Å². The summed E-state index contributed by atoms with van der Waals surface area (Å²) in [6, 6.07) is 6.19. The fourth-order valence-electron chi connectivity index (χ4n) is 4.33. The lowest BCUT2D eigenvalue weighted by molar-refractivity contribution is 0.296. The molecule has 2 aromatic rings. The van der Waals surface area contributed by atoms with Gasteiger partial charge in [0, 0.05) is 31.6 Å². The normalized spacial score (nSPS) is 23.8. The Morgan fingerprint density at radius 2 is 2.07 bits per heavy atom. The zero-order chi connectivity index (χ0) is 20.4. The highest BCUT2D eigenvalue weighted by Gasteiger charge is 2.35. The number of nitrogen functional groups attached to an aromatic ring is 1. The summed E-state index contributed by atoms with van der Waals surface area (Å²) in [6.45, 7) is 4.61. The molecule has 3 atom stereocenters. The lowest BCUT2D eigenvalue weighted by Crippen LogP contribution is -2.36. The van der Waals surface area contributed by atoms with Crippen molar-refractivity contribution >= 4 is 35.1 Å². The molecule has 1 aliphatic carbocycles. The molecule has 29 heavy (non-hydrogen) atoms. The lowest BCUT2D eigenvalue weighted by atomic mass is 9.79. The molecule has 4 rings (SSSR count). The summed E-state index contributed by atoms with van der Waals surface area (Å²) < 4.78 is 0. The second-order valence-corrected chi connectivity index (χ2v) is 8.58. The average Bonchev–Trinajstić information content (AvgIpc) is 3.19. The number of nitrogens with zero attached hydrogens (tertiary/aromatic N) is 4. The Balaban J connectivity index is 1.50. The number of benzene rings is 1. The third-order valence-electron chi connectivity index (χ3n) is 6.02. The number of fused-ring (bicyclic) bond motifs is 1. The number of hydrogen-bond acceptors (Lipinski definition) is 7. The molecule has 3 unspecified atom stereocenters. The molecule has 7 nitrogen and oxygen atoms in total. The molecule has 0 spiro atoms. The van der Waals surface area contributed by atoms with Gasteiger partial charge in [-0.1, -0.05) is 35.3 Å². The van der Waals surface area contributed by atoms with Crippen molar-refractivity contribution in [1.29, 1.82) is 0 Å². The number of nitrogens with two attached hydrogens (primary N) is 1. The SMILES string of the molecule is CCN(CCc1cccc(Cl)c1Cl)c1nc(N)nc(C2CCC3CNNC3C2)n1. The molecule has 156 valence electrons. The van der Waals surface area contributed by atoms with E-state index in [0.29, 0.717) is 33.9 Å². The quantitative estimate of drug-likeness (QED) is 0.641. The number of hydrazine groups is 1. The predicted octanol–water partition coefficient (Wildman–Crippen LogP) is 3.19. The number of hydrogen-bond donors (Lipinski definition) is 3. The van der Waals surface area contributed by atoms with Gasteiger partial charge in [0.2, 0.25) is 11.9 Å². The third kappa shape index (κ3) is 4.58. The Morgan fingerprint density at radius 1 is 1.21 bits per heavy atom. The van der Waals surface area contributed by atoms with Gasteiger partial charge in [-0.3, -0.25) is 10.9 Å². The van der Waals surface area contributed by atoms with E-state index in [4.69, 9.17) is 33.9 Å². The van der Waals surface area contributed by atoms with Gasteiger partial charge in [0.25, 0.3) is 0 Å². The summed E-state index contributed by atoms with van der Waals surface area (Å²) in [5.74, 6) is 2.71. The maximum absolute atomic E-state index is 6.34. The highest BCUT2D eigenvalue weighted by atomic mass is 35.5. The van der Waals surface area contributed by atoms with E-state index in [-0.39, 0.29) is 5.95 Å². The van der Waals surface area contributed by atoms with Crippen LogP contribution >= 0.6 is 23.2 Å². The van der Waals surface area contributed by atoms with Crippen LogP contribution in [-0.4, -0.2) is 40.6 Å². The molecule has 2 aliphatic rings. The molecule has 1 saturated carbocycles. The molecule has 2 fully saturated rings. The average molecular weight is 436 g/mol. The first-order valence-electron chi connectivity index (χ1n) is 10.2. The van der Waals surface area contributed by atoms with Gasteiger partial charge >= 0.3 is 0 Å². The van der Waals surface area contributed by atoms with Crippen LogP contribution in [0.1, 0.15) is 43.5 Å². The van der Waals surface area contributed by atoms with Gasteiger partial charge in [-0.2, -0.15) is 15.0 Å². The van der Waals surface area contributed by atoms with Crippen LogP contribution < -0.4 is 21.5 Å². The number of nitrogens with one attached hydrogen (secondary N) is 2. The molecule has 1 aromatic carbocycles. The van der Waals surface area contributed by atoms with Crippen molar-refractivity contribution in [3.05, 3.63) is 39.6 Å². The van der Waals surface area contributed by atoms with E-state index in [1.54, 1.807) is 6.07 Å². The lowest BCUT2D eigenvalue weighted by Gasteiger charge is -2.30. The Hall–Kier alpha value is -1.67. The Bertz CT molecular complexity index is 863. The Kier molecular flexibility index (Phi) is 6.39. The summed E-state index contributed by atoms with van der Waals surface area (Å²) in [7, 11) is 0. The fourth-order valence-corrected chi connectivity index (χ4v) is 4.74. The molecule has 1 aliphatic heterocycles. The molecule has 0 amide bonds. The molecule has 0 bridgehead atoms. The van der Waals surface area contributed by atoms with Crippen molar-refractivity contribution in [2.45, 2.75) is 44.6 Å². The van der Waals surface area contributed by atoms with Gasteiger partial charge in [-0.15, -0.1) is 0 Å². The third-order valence-corrected chi connectivity index (χ3v) is 6.87. The van der Waals surface area contributed by atoms with Crippen molar-refractivity contribution in [2.24, 2.45) is 5.92 Å². The van der Waals surface area contributed by atoms with E-state index in [2.05, 4.69) is 32.6 Å². The summed E-state index contributed by atoms with van der Waals surface area (Å²) in [4.78, 5) is 15.8. The van der Waals surface area contributed by atoms with E-state index in [1.165, 1.54) is 6.42 Å². The van der Waals surface area contributed by atoms with Crippen LogP contribution in [0, 0.1) is 5.92 Å². The first kappa shape index (κ1) is 20.6. The Labute approximate surface area is 181 Å². The molecule has 9 heteroatoms. The number of aromatic nitrogens is 3. The van der Waals surface area contributed by atoms with Crippen LogP contribution in [0.4, 0.5) is 11.9 Å². The van der Waals surface area contributed by atoms with E-state index >= 15 is 0 Å². The minimum absolute atomic E-state index is 0.281. The highest BCUT2D eigenvalue weighted by molar-refractivity contribution is 6.42. The van der Waals surface area contributed by atoms with Crippen molar-refractivity contribution in [2.75, 3.05) is 30.3 Å². The van der Waals surface area contributed by atoms with Crippen molar-refractivity contribution in [3.8, 4) is 0 Å². The zero-order valence-electron chi connectivity index (χ0n) is 16.5. The summed E-state index contributed by atoms with van der Waals surface area (Å²) in [5, 5.41) is 1.18. The largest absolute Gasteiger partial charge is 0.368 e. The molecule has 1 saturated heterocycles. The van der Waals surface area contributed by atoms with Gasteiger partial charge in [0.1, 0.15) is 5.82 Å². The summed E-state index contributed by atoms with van der Waals surface area (Å²) >= 11 is 12.5. The molecule has 4 N–H and O–H groups in total. The maximum atomic E-state index is 6.34. The van der Waals surface area contributed by atoms with E-state index < -0.39 is 0 Å². The van der Waals surface area contributed by atoms with Crippen molar-refractivity contribution < 1.29 is 0 Å². The van der Waals surface area contributed by atoms with Gasteiger partial charge in [0.05, 0.1) is 10.0 Å². The van der Waals surface area contributed by atoms with Crippen LogP contribution in [0.3, 0.4) is 0 Å². The van der Waals surface area contributed by atoms with E-state index in [0.717, 1.165) is 50.3 Å². The molecule has 2 heterocycles. The van der Waals surface area contributed by atoms with Gasteiger partial charge in [-0.25, -0.2) is 0 Å².